The van der Waals surface area contributed by atoms with Crippen molar-refractivity contribution in [1.82, 2.24) is 39.8 Å². The van der Waals surface area contributed by atoms with Gasteiger partial charge in [-0.3, -0.25) is 9.36 Å². The minimum Gasteiger partial charge on any atom is -0.618 e. The van der Waals surface area contributed by atoms with E-state index in [0.717, 1.165) is 35.3 Å². The third kappa shape index (κ3) is 4.26. The molecule has 0 bridgehead atoms. The smallest absolute Gasteiger partial charge is 0.221 e. The van der Waals surface area contributed by atoms with Gasteiger partial charge in [-0.2, -0.15) is 19.6 Å². The molecule has 1 unspecified atom stereocenters. The topological polar surface area (TPSA) is 115 Å². The molecule has 1 aliphatic carbocycles. The zero-order valence-corrected chi connectivity index (χ0v) is 21.3. The number of pyridine rings is 1. The fourth-order valence-electron chi connectivity index (χ4n) is 4.72. The van der Waals surface area contributed by atoms with Crippen molar-refractivity contribution in [3.05, 3.63) is 77.1 Å². The van der Waals surface area contributed by atoms with Gasteiger partial charge >= 0.3 is 0 Å². The second kappa shape index (κ2) is 9.53. The monoisotopic (exact) mass is 535 g/mol. The van der Waals surface area contributed by atoms with Crippen molar-refractivity contribution in [2.75, 3.05) is 7.11 Å². The molecule has 194 valence electrons. The van der Waals surface area contributed by atoms with E-state index in [0.29, 0.717) is 23.0 Å². The van der Waals surface area contributed by atoms with E-state index < -0.39 is 5.82 Å². The number of aromatic nitrogens is 9. The zero-order chi connectivity index (χ0) is 26.4. The number of benzene rings is 1. The van der Waals surface area contributed by atoms with Crippen molar-refractivity contribution in [3.63, 3.8) is 0 Å². The van der Waals surface area contributed by atoms with Crippen LogP contribution in [0.3, 0.4) is 0 Å². The van der Waals surface area contributed by atoms with Gasteiger partial charge in [0.2, 0.25) is 5.69 Å². The third-order valence-electron chi connectivity index (χ3n) is 6.84. The van der Waals surface area contributed by atoms with Gasteiger partial charge in [-0.15, -0.1) is 5.10 Å². The predicted octanol–water partition coefficient (Wildman–Crippen LogP) is 3.75. The molecule has 6 rings (SSSR count). The standard InChI is InChI=1S/C25H23ClFN9O2/c1-33-19(7-8-29-33)16-11-30-34(12-16)21(9-15-3-4-15)22-10-23(38-2)17(13-36(22)37)24-20(35-14-28-31-32-35)6-5-18(26)25(24)27/h5-8,10-15,21H,3-4,9H2,1-2H3. The van der Waals surface area contributed by atoms with Crippen LogP contribution in [0, 0.1) is 16.9 Å². The van der Waals surface area contributed by atoms with Crippen molar-refractivity contribution < 1.29 is 13.9 Å². The van der Waals surface area contributed by atoms with Gasteiger partial charge in [0.25, 0.3) is 0 Å². The molecule has 0 spiro atoms. The number of methoxy groups -OCH3 is 1. The maximum Gasteiger partial charge on any atom is 0.221 e. The van der Waals surface area contributed by atoms with Gasteiger partial charge in [0, 0.05) is 25.0 Å². The average Bonchev–Trinajstić information content (AvgIpc) is 3.29. The summed E-state index contributed by atoms with van der Waals surface area (Å²) in [7, 11) is 3.34. The Morgan fingerprint density at radius 2 is 2.11 bits per heavy atom. The molecule has 5 aromatic rings. The summed E-state index contributed by atoms with van der Waals surface area (Å²) in [5.41, 5.74) is 2.82. The number of hydrogen-bond donors (Lipinski definition) is 0. The first-order chi connectivity index (χ1) is 18.4. The van der Waals surface area contributed by atoms with Gasteiger partial charge in [0.05, 0.1) is 46.9 Å². The van der Waals surface area contributed by atoms with Crippen molar-refractivity contribution in [3.8, 4) is 33.8 Å². The van der Waals surface area contributed by atoms with Gasteiger partial charge in [-0.05, 0) is 41.0 Å². The van der Waals surface area contributed by atoms with E-state index in [4.69, 9.17) is 16.3 Å². The lowest BCUT2D eigenvalue weighted by Gasteiger charge is -2.20. The van der Waals surface area contributed by atoms with Crippen LogP contribution in [0.25, 0.3) is 28.1 Å². The Morgan fingerprint density at radius 3 is 2.79 bits per heavy atom. The van der Waals surface area contributed by atoms with Gasteiger partial charge in [0.15, 0.2) is 12.0 Å². The highest BCUT2D eigenvalue weighted by Gasteiger charge is 2.34. The summed E-state index contributed by atoms with van der Waals surface area (Å²) in [5, 5.41) is 33.5. The summed E-state index contributed by atoms with van der Waals surface area (Å²) in [6.45, 7) is 0. The number of halogens is 2. The van der Waals surface area contributed by atoms with Gasteiger partial charge in [0.1, 0.15) is 18.1 Å². The molecule has 0 N–H and O–H groups in total. The molecular weight excluding hydrogens is 513 g/mol. The summed E-state index contributed by atoms with van der Waals surface area (Å²) in [5.74, 6) is 0.0855. The Bertz CT molecular complexity index is 1610. The molecule has 4 heterocycles. The van der Waals surface area contributed by atoms with Crippen molar-refractivity contribution in [2.45, 2.75) is 25.3 Å². The normalized spacial score (nSPS) is 14.1. The SMILES string of the molecule is COc1cc(C(CC2CC2)n2cc(-c3ccnn3C)cn2)[n+]([O-])cc1-c1c(-n2cnnn2)ccc(Cl)c1F. The van der Waals surface area contributed by atoms with E-state index in [9.17, 15) is 5.21 Å². The number of aryl methyl sites for hydroxylation is 1. The first-order valence-corrected chi connectivity index (χ1v) is 12.4. The summed E-state index contributed by atoms with van der Waals surface area (Å²) >= 11 is 6.13. The van der Waals surface area contributed by atoms with E-state index in [-0.39, 0.29) is 22.2 Å². The highest BCUT2D eigenvalue weighted by Crippen LogP contribution is 2.42. The molecule has 1 aliphatic rings. The molecule has 0 radical (unpaired) electrons. The highest BCUT2D eigenvalue weighted by molar-refractivity contribution is 6.31. The van der Waals surface area contributed by atoms with Gasteiger partial charge in [-0.1, -0.05) is 24.4 Å². The predicted molar refractivity (Wildman–Crippen MR) is 135 cm³/mol. The first kappa shape index (κ1) is 24.0. The summed E-state index contributed by atoms with van der Waals surface area (Å²) in [6.07, 6.45) is 11.0. The van der Waals surface area contributed by atoms with Gasteiger partial charge in [-0.25, -0.2) is 4.39 Å². The van der Waals surface area contributed by atoms with E-state index in [1.54, 1.807) is 33.9 Å². The number of nitrogens with zero attached hydrogens (tertiary/aromatic N) is 9. The average molecular weight is 536 g/mol. The summed E-state index contributed by atoms with van der Waals surface area (Å²) in [6, 6.07) is 6.19. The van der Waals surface area contributed by atoms with Crippen molar-refractivity contribution in [2.24, 2.45) is 13.0 Å². The summed E-state index contributed by atoms with van der Waals surface area (Å²) in [4.78, 5) is 0. The van der Waals surface area contributed by atoms with Crippen LogP contribution in [-0.4, -0.2) is 46.9 Å². The number of hydrogen-bond acceptors (Lipinski definition) is 7. The van der Waals surface area contributed by atoms with Crippen LogP contribution >= 0.6 is 11.6 Å². The van der Waals surface area contributed by atoms with E-state index in [2.05, 4.69) is 25.7 Å². The Kier molecular flexibility index (Phi) is 6.03. The van der Waals surface area contributed by atoms with Crippen LogP contribution in [0.15, 0.2) is 55.4 Å². The van der Waals surface area contributed by atoms with E-state index in [1.807, 2.05) is 19.3 Å². The lowest BCUT2D eigenvalue weighted by molar-refractivity contribution is -0.615. The Balaban J connectivity index is 1.47. The van der Waals surface area contributed by atoms with E-state index >= 15 is 4.39 Å². The van der Waals surface area contributed by atoms with Crippen LogP contribution < -0.4 is 9.47 Å². The van der Waals surface area contributed by atoms with Gasteiger partial charge < -0.3 is 9.94 Å². The minimum absolute atomic E-state index is 0.0501. The molecule has 1 saturated carbocycles. The van der Waals surface area contributed by atoms with Crippen LogP contribution in [0.1, 0.15) is 31.0 Å². The molecule has 0 saturated heterocycles. The lowest BCUT2D eigenvalue weighted by atomic mass is 10.0. The third-order valence-corrected chi connectivity index (χ3v) is 7.13. The lowest BCUT2D eigenvalue weighted by Crippen LogP contribution is -2.36. The Morgan fingerprint density at radius 1 is 1.26 bits per heavy atom. The van der Waals surface area contributed by atoms with Crippen LogP contribution in [0.5, 0.6) is 5.75 Å². The maximum absolute atomic E-state index is 15.5. The molecule has 38 heavy (non-hydrogen) atoms. The largest absolute Gasteiger partial charge is 0.618 e. The summed E-state index contributed by atoms with van der Waals surface area (Å²) < 4.78 is 26.8. The van der Waals surface area contributed by atoms with Crippen LogP contribution in [0.4, 0.5) is 4.39 Å². The zero-order valence-electron chi connectivity index (χ0n) is 20.6. The van der Waals surface area contributed by atoms with Crippen molar-refractivity contribution in [1.29, 1.82) is 0 Å². The quantitative estimate of drug-likeness (QED) is 0.219. The van der Waals surface area contributed by atoms with E-state index in [1.165, 1.54) is 30.4 Å². The molecule has 4 aromatic heterocycles. The fraction of sp³-hybridized carbons (Fsp3) is 0.280. The van der Waals surface area contributed by atoms with Crippen LogP contribution in [-0.2, 0) is 7.05 Å². The molecular formula is C25H23ClFN9O2. The molecule has 0 amide bonds. The molecule has 1 atom stereocenters. The van der Waals surface area contributed by atoms with Crippen molar-refractivity contribution >= 4 is 11.6 Å². The first-order valence-electron chi connectivity index (χ1n) is 12.0. The minimum atomic E-state index is -0.715. The maximum atomic E-state index is 15.5. The molecule has 13 heteroatoms. The second-order valence-corrected chi connectivity index (χ2v) is 9.67. The fourth-order valence-corrected chi connectivity index (χ4v) is 4.88. The van der Waals surface area contributed by atoms with Crippen LogP contribution in [0.2, 0.25) is 5.02 Å². The Labute approximate surface area is 221 Å². The molecule has 0 aliphatic heterocycles. The number of ether oxygens (including phenoxy) is 1. The molecule has 1 fully saturated rings. The number of rotatable bonds is 8. The number of tetrazole rings is 1. The second-order valence-electron chi connectivity index (χ2n) is 9.26. The molecule has 1 aromatic carbocycles. The Hall–Kier alpha value is -4.32. The highest BCUT2D eigenvalue weighted by atomic mass is 35.5. The molecule has 11 nitrogen and oxygen atoms in total.